The molecule has 6 heteroatoms. The molecule has 2 saturated carbocycles. The third kappa shape index (κ3) is 3.80. The van der Waals surface area contributed by atoms with Crippen molar-refractivity contribution >= 4 is 17.7 Å². The van der Waals surface area contributed by atoms with Crippen LogP contribution in [0.25, 0.3) is 0 Å². The van der Waals surface area contributed by atoms with Crippen LogP contribution in [0.2, 0.25) is 0 Å². The molecule has 2 aromatic rings. The molecule has 0 saturated heterocycles. The first-order valence-corrected chi connectivity index (χ1v) is 10.6. The number of rotatable bonds is 7. The van der Waals surface area contributed by atoms with Crippen LogP contribution < -0.4 is 5.32 Å². The average molecular weight is 371 g/mol. The summed E-state index contributed by atoms with van der Waals surface area (Å²) in [4.78, 5) is 12.4. The van der Waals surface area contributed by atoms with Gasteiger partial charge in [-0.3, -0.25) is 4.79 Å². The molecule has 2 aliphatic carbocycles. The van der Waals surface area contributed by atoms with Crippen LogP contribution in [-0.4, -0.2) is 32.5 Å². The van der Waals surface area contributed by atoms with E-state index in [2.05, 4.69) is 39.1 Å². The van der Waals surface area contributed by atoms with Crippen molar-refractivity contribution < 1.29 is 4.79 Å². The van der Waals surface area contributed by atoms with Gasteiger partial charge in [0.2, 0.25) is 5.91 Å². The second kappa shape index (κ2) is 7.82. The molecular weight excluding hydrogens is 344 g/mol. The lowest BCUT2D eigenvalue weighted by molar-refractivity contribution is -0.119. The van der Waals surface area contributed by atoms with Crippen molar-refractivity contribution in [2.75, 3.05) is 5.75 Å². The lowest BCUT2D eigenvalue weighted by Crippen LogP contribution is -2.39. The van der Waals surface area contributed by atoms with E-state index in [0.29, 0.717) is 17.7 Å². The third-order valence-electron chi connectivity index (χ3n) is 5.73. The van der Waals surface area contributed by atoms with Crippen molar-refractivity contribution in [3.63, 3.8) is 0 Å². The Morgan fingerprint density at radius 1 is 1.23 bits per heavy atom. The molecule has 1 heterocycles. The van der Waals surface area contributed by atoms with Crippen molar-refractivity contribution in [3.8, 4) is 0 Å². The standard InChI is InChI=1S/C20H26N4OS/c1-2-24-18(12-14-6-4-3-5-7-14)22-23-20(24)26-13-19(25)21-17-11-15-8-9-16(17)10-15/h3-7,15-17H,2,8-13H2,1H3,(H,21,25)/t15-,16+,17-/m0/s1. The minimum atomic E-state index is 0.128. The summed E-state index contributed by atoms with van der Waals surface area (Å²) in [6.45, 7) is 2.91. The number of nitrogens with zero attached hydrogens (tertiary/aromatic N) is 3. The van der Waals surface area contributed by atoms with E-state index < -0.39 is 0 Å². The number of carbonyl (C=O) groups excluding carboxylic acids is 1. The molecule has 5 nitrogen and oxygen atoms in total. The molecule has 3 atom stereocenters. The van der Waals surface area contributed by atoms with Crippen molar-refractivity contribution in [3.05, 3.63) is 41.7 Å². The molecule has 0 spiro atoms. The van der Waals surface area contributed by atoms with Crippen LogP contribution in [0.15, 0.2) is 35.5 Å². The van der Waals surface area contributed by atoms with Crippen LogP contribution in [0.4, 0.5) is 0 Å². The van der Waals surface area contributed by atoms with E-state index >= 15 is 0 Å². The predicted molar refractivity (Wildman–Crippen MR) is 103 cm³/mol. The molecule has 138 valence electrons. The summed E-state index contributed by atoms with van der Waals surface area (Å²) in [6.07, 6.45) is 5.89. The maximum Gasteiger partial charge on any atom is 0.230 e. The fourth-order valence-electron chi connectivity index (χ4n) is 4.45. The van der Waals surface area contributed by atoms with Crippen LogP contribution in [0.1, 0.15) is 44.0 Å². The maximum absolute atomic E-state index is 12.4. The Bertz CT molecular complexity index is 760. The molecule has 1 aromatic heterocycles. The molecule has 0 radical (unpaired) electrons. The van der Waals surface area contributed by atoms with Gasteiger partial charge < -0.3 is 9.88 Å². The highest BCUT2D eigenvalue weighted by Gasteiger charge is 2.40. The molecule has 26 heavy (non-hydrogen) atoms. The van der Waals surface area contributed by atoms with Gasteiger partial charge in [0.1, 0.15) is 5.82 Å². The normalized spacial score (nSPS) is 24.1. The Morgan fingerprint density at radius 2 is 2.08 bits per heavy atom. The molecular formula is C20H26N4OS. The van der Waals surface area contributed by atoms with Crippen molar-refractivity contribution in [2.24, 2.45) is 11.8 Å². The van der Waals surface area contributed by atoms with Gasteiger partial charge in [0.05, 0.1) is 5.75 Å². The Labute approximate surface area is 159 Å². The minimum absolute atomic E-state index is 0.128. The zero-order valence-corrected chi connectivity index (χ0v) is 16.0. The Balaban J connectivity index is 1.33. The first kappa shape index (κ1) is 17.6. The van der Waals surface area contributed by atoms with E-state index in [0.717, 1.165) is 29.9 Å². The molecule has 2 aliphatic rings. The maximum atomic E-state index is 12.4. The topological polar surface area (TPSA) is 59.8 Å². The second-order valence-corrected chi connectivity index (χ2v) is 8.39. The second-order valence-electron chi connectivity index (χ2n) is 7.44. The molecule has 2 bridgehead atoms. The van der Waals surface area contributed by atoms with E-state index in [-0.39, 0.29) is 5.91 Å². The molecule has 4 rings (SSSR count). The molecule has 1 N–H and O–H groups in total. The van der Waals surface area contributed by atoms with E-state index in [9.17, 15) is 4.79 Å². The van der Waals surface area contributed by atoms with E-state index in [1.807, 2.05) is 18.2 Å². The summed E-state index contributed by atoms with van der Waals surface area (Å²) in [5, 5.41) is 12.8. The highest BCUT2D eigenvalue weighted by Crippen LogP contribution is 2.44. The van der Waals surface area contributed by atoms with Crippen LogP contribution >= 0.6 is 11.8 Å². The van der Waals surface area contributed by atoms with Crippen molar-refractivity contribution in [1.29, 1.82) is 0 Å². The molecule has 1 aromatic carbocycles. The Hall–Kier alpha value is -1.82. The zero-order chi connectivity index (χ0) is 17.9. The summed E-state index contributed by atoms with van der Waals surface area (Å²) >= 11 is 1.49. The van der Waals surface area contributed by atoms with Gasteiger partial charge in [-0.2, -0.15) is 0 Å². The lowest BCUT2D eigenvalue weighted by Gasteiger charge is -2.22. The van der Waals surface area contributed by atoms with Crippen molar-refractivity contribution in [2.45, 2.75) is 56.8 Å². The summed E-state index contributed by atoms with van der Waals surface area (Å²) in [5.74, 6) is 3.06. The molecule has 0 aliphatic heterocycles. The number of benzene rings is 1. The summed E-state index contributed by atoms with van der Waals surface area (Å²) < 4.78 is 2.11. The van der Waals surface area contributed by atoms with Crippen LogP contribution in [0.5, 0.6) is 0 Å². The zero-order valence-electron chi connectivity index (χ0n) is 15.2. The summed E-state index contributed by atoms with van der Waals surface area (Å²) in [5.41, 5.74) is 1.22. The Morgan fingerprint density at radius 3 is 2.77 bits per heavy atom. The van der Waals surface area contributed by atoms with Gasteiger partial charge in [-0.15, -0.1) is 10.2 Å². The quantitative estimate of drug-likeness (QED) is 0.760. The Kier molecular flexibility index (Phi) is 5.29. The van der Waals surface area contributed by atoms with E-state index in [4.69, 9.17) is 0 Å². The minimum Gasteiger partial charge on any atom is -0.352 e. The highest BCUT2D eigenvalue weighted by molar-refractivity contribution is 7.99. The van der Waals surface area contributed by atoms with Crippen molar-refractivity contribution in [1.82, 2.24) is 20.1 Å². The van der Waals surface area contributed by atoms with Gasteiger partial charge in [-0.25, -0.2) is 0 Å². The number of aromatic nitrogens is 3. The number of amides is 1. The van der Waals surface area contributed by atoms with Crippen LogP contribution in [0.3, 0.4) is 0 Å². The van der Waals surface area contributed by atoms with Gasteiger partial charge >= 0.3 is 0 Å². The number of carbonyl (C=O) groups is 1. The molecule has 2 fully saturated rings. The number of hydrogen-bond donors (Lipinski definition) is 1. The van der Waals surface area contributed by atoms with Crippen LogP contribution in [0, 0.1) is 11.8 Å². The number of fused-ring (bicyclic) bond motifs is 2. The fraction of sp³-hybridized carbons (Fsp3) is 0.550. The summed E-state index contributed by atoms with van der Waals surface area (Å²) in [7, 11) is 0. The molecule has 0 unspecified atom stereocenters. The molecule has 1 amide bonds. The van der Waals surface area contributed by atoms with Gasteiger partial charge in [0.25, 0.3) is 0 Å². The first-order chi connectivity index (χ1) is 12.7. The number of hydrogen-bond acceptors (Lipinski definition) is 4. The van der Waals surface area contributed by atoms with Gasteiger partial charge in [-0.05, 0) is 43.6 Å². The predicted octanol–water partition coefficient (Wildman–Crippen LogP) is 3.29. The SMILES string of the molecule is CCn1c(Cc2ccccc2)nnc1SCC(=O)N[C@H]1C[C@H]2CC[C@@H]1C2. The number of nitrogens with one attached hydrogen (secondary N) is 1. The fourth-order valence-corrected chi connectivity index (χ4v) is 5.29. The number of thioether (sulfide) groups is 1. The highest BCUT2D eigenvalue weighted by atomic mass is 32.2. The van der Waals surface area contributed by atoms with Gasteiger partial charge in [0.15, 0.2) is 5.16 Å². The van der Waals surface area contributed by atoms with Gasteiger partial charge in [0, 0.05) is 19.0 Å². The monoisotopic (exact) mass is 370 g/mol. The van der Waals surface area contributed by atoms with Crippen LogP contribution in [-0.2, 0) is 17.8 Å². The lowest BCUT2D eigenvalue weighted by atomic mass is 9.95. The smallest absolute Gasteiger partial charge is 0.230 e. The first-order valence-electron chi connectivity index (χ1n) is 9.61. The summed E-state index contributed by atoms with van der Waals surface area (Å²) in [6, 6.07) is 10.7. The van der Waals surface area contributed by atoms with E-state index in [1.54, 1.807) is 0 Å². The van der Waals surface area contributed by atoms with E-state index in [1.165, 1.54) is 43.0 Å². The third-order valence-corrected chi connectivity index (χ3v) is 6.70. The largest absolute Gasteiger partial charge is 0.352 e. The van der Waals surface area contributed by atoms with Gasteiger partial charge in [-0.1, -0.05) is 48.5 Å². The average Bonchev–Trinajstić information content (AvgIpc) is 3.36.